The van der Waals surface area contributed by atoms with Crippen LogP contribution in [0.4, 0.5) is 0 Å². The fourth-order valence-corrected chi connectivity index (χ4v) is 4.41. The monoisotopic (exact) mass is 372 g/mol. The van der Waals surface area contributed by atoms with Crippen LogP contribution in [-0.4, -0.2) is 11.9 Å². The van der Waals surface area contributed by atoms with Gasteiger partial charge in [0.2, 0.25) is 5.78 Å². The van der Waals surface area contributed by atoms with Crippen molar-refractivity contribution in [3.8, 4) is 16.9 Å². The Balaban J connectivity index is 1.92. The first-order valence-corrected chi connectivity index (χ1v) is 9.83. The Kier molecular flexibility index (Phi) is 4.78. The van der Waals surface area contributed by atoms with Crippen molar-refractivity contribution in [2.75, 3.05) is 0 Å². The van der Waals surface area contributed by atoms with Crippen LogP contribution in [0, 0.1) is 0 Å². The average Bonchev–Trinajstić information content (AvgIpc) is 3.07. The summed E-state index contributed by atoms with van der Waals surface area (Å²) in [6, 6.07) is 25.7. The number of ketones is 1. The van der Waals surface area contributed by atoms with Crippen molar-refractivity contribution in [1.29, 1.82) is 0 Å². The topological polar surface area (TPSA) is 26.3 Å². The summed E-state index contributed by atoms with van der Waals surface area (Å²) in [5.74, 6) is 0.888. The number of thiophene rings is 1. The molecule has 0 saturated heterocycles. The highest BCUT2D eigenvalue weighted by molar-refractivity contribution is 7.21. The van der Waals surface area contributed by atoms with Crippen LogP contribution in [-0.2, 0) is 0 Å². The van der Waals surface area contributed by atoms with Crippen molar-refractivity contribution in [3.63, 3.8) is 0 Å². The van der Waals surface area contributed by atoms with Gasteiger partial charge in [-0.05, 0) is 37.6 Å². The van der Waals surface area contributed by atoms with E-state index in [4.69, 9.17) is 4.74 Å². The molecule has 0 bridgehead atoms. The molecule has 0 atom stereocenters. The molecule has 0 spiro atoms. The van der Waals surface area contributed by atoms with Gasteiger partial charge in [-0.2, -0.15) is 0 Å². The Labute approximate surface area is 163 Å². The second kappa shape index (κ2) is 7.37. The van der Waals surface area contributed by atoms with Gasteiger partial charge in [0.05, 0.1) is 11.0 Å². The highest BCUT2D eigenvalue weighted by Crippen LogP contribution is 2.41. The lowest BCUT2D eigenvalue weighted by Gasteiger charge is -2.09. The van der Waals surface area contributed by atoms with Gasteiger partial charge in [0.1, 0.15) is 5.75 Å². The van der Waals surface area contributed by atoms with Crippen LogP contribution >= 0.6 is 11.3 Å². The largest absolute Gasteiger partial charge is 0.491 e. The number of carbonyl (C=O) groups is 1. The molecule has 0 saturated carbocycles. The summed E-state index contributed by atoms with van der Waals surface area (Å²) >= 11 is 1.53. The molecule has 0 aliphatic carbocycles. The van der Waals surface area contributed by atoms with Gasteiger partial charge in [-0.1, -0.05) is 60.7 Å². The molecule has 4 aromatic rings. The molecular formula is C24H20O2S. The lowest BCUT2D eigenvalue weighted by Crippen LogP contribution is -2.04. The van der Waals surface area contributed by atoms with Crippen LogP contribution in [0.25, 0.3) is 21.2 Å². The van der Waals surface area contributed by atoms with Gasteiger partial charge in [-0.3, -0.25) is 4.79 Å². The van der Waals surface area contributed by atoms with Crippen molar-refractivity contribution >= 4 is 27.2 Å². The molecule has 2 nitrogen and oxygen atoms in total. The maximum atomic E-state index is 13.3. The minimum absolute atomic E-state index is 0.0574. The summed E-state index contributed by atoms with van der Waals surface area (Å²) in [6.45, 7) is 4.02. The molecule has 0 aliphatic heterocycles. The quantitative estimate of drug-likeness (QED) is 0.370. The number of hydrogen-bond donors (Lipinski definition) is 0. The SMILES string of the molecule is CC(C)Oc1ccc2c(-c3ccccc3)c(C(=O)c3ccccc3)sc2c1. The number of ether oxygens (including phenoxy) is 1. The second-order valence-electron chi connectivity index (χ2n) is 6.69. The Morgan fingerprint density at radius 3 is 2.22 bits per heavy atom. The van der Waals surface area contributed by atoms with Crippen molar-refractivity contribution in [2.24, 2.45) is 0 Å². The molecular weight excluding hydrogens is 352 g/mol. The minimum Gasteiger partial charge on any atom is -0.491 e. The lowest BCUT2D eigenvalue weighted by molar-refractivity contribution is 0.104. The van der Waals surface area contributed by atoms with Crippen molar-refractivity contribution in [2.45, 2.75) is 20.0 Å². The zero-order chi connectivity index (χ0) is 18.8. The molecule has 0 amide bonds. The molecule has 0 fully saturated rings. The molecule has 3 aromatic carbocycles. The number of rotatable bonds is 5. The second-order valence-corrected chi connectivity index (χ2v) is 7.74. The van der Waals surface area contributed by atoms with Crippen LogP contribution < -0.4 is 4.74 Å². The third-order valence-electron chi connectivity index (χ3n) is 4.34. The van der Waals surface area contributed by atoms with Crippen LogP contribution in [0.1, 0.15) is 29.1 Å². The maximum Gasteiger partial charge on any atom is 0.203 e. The van der Waals surface area contributed by atoms with Crippen LogP contribution in [0.5, 0.6) is 5.75 Å². The number of carbonyl (C=O) groups excluding carboxylic acids is 1. The molecule has 0 unspecified atom stereocenters. The zero-order valence-electron chi connectivity index (χ0n) is 15.3. The molecule has 3 heteroatoms. The fourth-order valence-electron chi connectivity index (χ4n) is 3.19. The van der Waals surface area contributed by atoms with Crippen LogP contribution in [0.15, 0.2) is 78.9 Å². The van der Waals surface area contributed by atoms with Gasteiger partial charge in [0.15, 0.2) is 0 Å². The van der Waals surface area contributed by atoms with E-state index in [9.17, 15) is 4.79 Å². The molecule has 0 radical (unpaired) electrons. The van der Waals surface area contributed by atoms with E-state index in [0.717, 1.165) is 31.8 Å². The Hall–Kier alpha value is -2.91. The molecule has 0 N–H and O–H groups in total. The van der Waals surface area contributed by atoms with E-state index in [0.29, 0.717) is 5.56 Å². The van der Waals surface area contributed by atoms with E-state index in [1.165, 1.54) is 11.3 Å². The summed E-state index contributed by atoms with van der Waals surface area (Å²) in [4.78, 5) is 14.0. The van der Waals surface area contributed by atoms with Crippen molar-refractivity contribution < 1.29 is 9.53 Å². The molecule has 4 rings (SSSR count). The first-order chi connectivity index (χ1) is 13.1. The van der Waals surface area contributed by atoms with Gasteiger partial charge in [-0.25, -0.2) is 0 Å². The Morgan fingerprint density at radius 2 is 1.56 bits per heavy atom. The third-order valence-corrected chi connectivity index (χ3v) is 5.49. The average molecular weight is 372 g/mol. The smallest absolute Gasteiger partial charge is 0.203 e. The summed E-state index contributed by atoms with van der Waals surface area (Å²) in [7, 11) is 0. The van der Waals surface area contributed by atoms with E-state index in [-0.39, 0.29) is 11.9 Å². The van der Waals surface area contributed by atoms with Crippen LogP contribution in [0.3, 0.4) is 0 Å². The maximum absolute atomic E-state index is 13.3. The predicted molar refractivity (Wildman–Crippen MR) is 113 cm³/mol. The van der Waals surface area contributed by atoms with E-state index in [2.05, 4.69) is 18.2 Å². The summed E-state index contributed by atoms with van der Waals surface area (Å²) in [6.07, 6.45) is 0.112. The van der Waals surface area contributed by atoms with Gasteiger partial charge in [0, 0.05) is 21.2 Å². The van der Waals surface area contributed by atoms with E-state index < -0.39 is 0 Å². The van der Waals surface area contributed by atoms with E-state index in [1.54, 1.807) is 0 Å². The minimum atomic E-state index is 0.0574. The van der Waals surface area contributed by atoms with Crippen molar-refractivity contribution in [1.82, 2.24) is 0 Å². The standard InChI is InChI=1S/C24H20O2S/c1-16(2)26-19-13-14-20-21(15-19)27-24(22(20)17-9-5-3-6-10-17)23(25)18-11-7-4-8-12-18/h3-16H,1-2H3. The number of fused-ring (bicyclic) bond motifs is 1. The Morgan fingerprint density at radius 1 is 0.889 bits per heavy atom. The van der Waals surface area contributed by atoms with Gasteiger partial charge in [-0.15, -0.1) is 11.3 Å². The zero-order valence-corrected chi connectivity index (χ0v) is 16.1. The van der Waals surface area contributed by atoms with Gasteiger partial charge >= 0.3 is 0 Å². The highest BCUT2D eigenvalue weighted by atomic mass is 32.1. The highest BCUT2D eigenvalue weighted by Gasteiger charge is 2.21. The first-order valence-electron chi connectivity index (χ1n) is 9.02. The summed E-state index contributed by atoms with van der Waals surface area (Å²) in [5.41, 5.74) is 2.76. The van der Waals surface area contributed by atoms with Gasteiger partial charge < -0.3 is 4.74 Å². The predicted octanol–water partition coefficient (Wildman–Crippen LogP) is 6.59. The van der Waals surface area contributed by atoms with Crippen molar-refractivity contribution in [3.05, 3.63) is 89.3 Å². The number of benzene rings is 3. The Bertz CT molecular complexity index is 1080. The summed E-state index contributed by atoms with van der Waals surface area (Å²) < 4.78 is 6.91. The summed E-state index contributed by atoms with van der Waals surface area (Å²) in [5, 5.41) is 1.08. The molecule has 0 aliphatic rings. The normalized spacial score (nSPS) is 11.1. The lowest BCUT2D eigenvalue weighted by atomic mass is 9.98. The van der Waals surface area contributed by atoms with Crippen LogP contribution in [0.2, 0.25) is 0 Å². The third kappa shape index (κ3) is 3.51. The first kappa shape index (κ1) is 17.5. The molecule has 1 aromatic heterocycles. The van der Waals surface area contributed by atoms with E-state index >= 15 is 0 Å². The molecule has 1 heterocycles. The molecule has 134 valence electrons. The number of hydrogen-bond acceptors (Lipinski definition) is 3. The fraction of sp³-hybridized carbons (Fsp3) is 0.125. The van der Waals surface area contributed by atoms with Gasteiger partial charge in [0.25, 0.3) is 0 Å². The van der Waals surface area contributed by atoms with E-state index in [1.807, 2.05) is 74.5 Å². The molecule has 27 heavy (non-hydrogen) atoms.